The highest BCUT2D eigenvalue weighted by atomic mass is 17.2. The summed E-state index contributed by atoms with van der Waals surface area (Å²) in [6, 6.07) is 0. The lowest BCUT2D eigenvalue weighted by Gasteiger charge is -2.22. The van der Waals surface area contributed by atoms with E-state index in [0.29, 0.717) is 6.61 Å². The van der Waals surface area contributed by atoms with E-state index in [9.17, 15) is 4.79 Å². The van der Waals surface area contributed by atoms with Gasteiger partial charge in [0.05, 0.1) is 21.1 Å². The molecule has 0 aromatic rings. The average Bonchev–Trinajstić information content (AvgIpc) is 1.78. The van der Waals surface area contributed by atoms with Crippen molar-refractivity contribution in [2.75, 3.05) is 34.3 Å². The minimum atomic E-state index is -0.911. The second kappa shape index (κ2) is 4.15. The predicted octanol–water partition coefficient (Wildman–Crippen LogP) is -0.280. The molecule has 0 aliphatic rings. The molecular formula is C6H15N2O3+. The molecule has 5 nitrogen and oxygen atoms in total. The molecule has 0 aromatic heterocycles. The molecule has 2 N–H and O–H groups in total. The predicted molar refractivity (Wildman–Crippen MR) is 39.5 cm³/mol. The fourth-order valence-corrected chi connectivity index (χ4v) is 0.411. The maximum atomic E-state index is 9.99. The summed E-state index contributed by atoms with van der Waals surface area (Å²) in [7, 11) is 6.02. The van der Waals surface area contributed by atoms with Crippen LogP contribution >= 0.6 is 0 Å². The summed E-state index contributed by atoms with van der Waals surface area (Å²) >= 11 is 0. The van der Waals surface area contributed by atoms with Gasteiger partial charge in [0.1, 0.15) is 13.2 Å². The number of quaternary nitrogens is 1. The van der Waals surface area contributed by atoms with Crippen LogP contribution in [-0.4, -0.2) is 44.9 Å². The van der Waals surface area contributed by atoms with Crippen LogP contribution in [-0.2, 0) is 9.78 Å². The summed E-state index contributed by atoms with van der Waals surface area (Å²) < 4.78 is 0.752. The zero-order valence-electron chi connectivity index (χ0n) is 7.16. The highest BCUT2D eigenvalue weighted by Gasteiger charge is 2.06. The van der Waals surface area contributed by atoms with Crippen molar-refractivity contribution in [1.29, 1.82) is 0 Å². The van der Waals surface area contributed by atoms with E-state index in [1.165, 1.54) is 0 Å². The molecular weight excluding hydrogens is 148 g/mol. The van der Waals surface area contributed by atoms with Gasteiger partial charge in [-0.15, -0.1) is 0 Å². The third kappa shape index (κ3) is 9.19. The Kier molecular flexibility index (Phi) is 3.84. The lowest BCUT2D eigenvalue weighted by atomic mass is 10.5. The molecule has 0 fully saturated rings. The maximum Gasteiger partial charge on any atom is 0.436 e. The Bertz CT molecular complexity index is 130. The van der Waals surface area contributed by atoms with Gasteiger partial charge in [-0.1, -0.05) is 0 Å². The van der Waals surface area contributed by atoms with E-state index < -0.39 is 6.09 Å². The van der Waals surface area contributed by atoms with Crippen LogP contribution in [0.5, 0.6) is 0 Å². The Morgan fingerprint density at radius 2 is 2.00 bits per heavy atom. The fourth-order valence-electron chi connectivity index (χ4n) is 0.411. The molecule has 1 amide bonds. The lowest BCUT2D eigenvalue weighted by Crippen LogP contribution is -2.37. The number of amides is 1. The number of carbonyl (C=O) groups is 1. The van der Waals surface area contributed by atoms with Crippen LogP contribution < -0.4 is 5.73 Å². The minimum Gasteiger partial charge on any atom is -0.333 e. The molecule has 0 aliphatic carbocycles. The Balaban J connectivity index is 3.22. The average molecular weight is 163 g/mol. The van der Waals surface area contributed by atoms with Crippen molar-refractivity contribution in [2.45, 2.75) is 0 Å². The van der Waals surface area contributed by atoms with Crippen molar-refractivity contribution in [3.05, 3.63) is 0 Å². The zero-order chi connectivity index (χ0) is 8.91. The summed E-state index contributed by atoms with van der Waals surface area (Å²) in [4.78, 5) is 18.5. The van der Waals surface area contributed by atoms with Gasteiger partial charge in [-0.05, 0) is 0 Å². The Hall–Kier alpha value is -0.810. The van der Waals surface area contributed by atoms with Crippen molar-refractivity contribution < 1.29 is 19.1 Å². The van der Waals surface area contributed by atoms with Gasteiger partial charge in [0, 0.05) is 0 Å². The first-order chi connectivity index (χ1) is 4.92. The maximum absolute atomic E-state index is 9.99. The van der Waals surface area contributed by atoms with Crippen LogP contribution in [0.4, 0.5) is 4.79 Å². The molecule has 0 aromatic carbocycles. The van der Waals surface area contributed by atoms with Crippen molar-refractivity contribution in [3.63, 3.8) is 0 Å². The molecule has 11 heavy (non-hydrogen) atoms. The van der Waals surface area contributed by atoms with E-state index in [-0.39, 0.29) is 0 Å². The number of nitrogens with two attached hydrogens (primary N) is 1. The molecule has 0 saturated heterocycles. The molecule has 66 valence electrons. The number of primary amides is 1. The van der Waals surface area contributed by atoms with Gasteiger partial charge in [-0.3, -0.25) is 4.89 Å². The highest BCUT2D eigenvalue weighted by Crippen LogP contribution is 1.89. The van der Waals surface area contributed by atoms with Gasteiger partial charge < -0.3 is 10.2 Å². The normalized spacial score (nSPS) is 11.2. The molecule has 0 spiro atoms. The molecule has 0 rings (SSSR count). The highest BCUT2D eigenvalue weighted by molar-refractivity contribution is 5.63. The van der Waals surface area contributed by atoms with Crippen molar-refractivity contribution in [3.8, 4) is 0 Å². The van der Waals surface area contributed by atoms with E-state index in [1.54, 1.807) is 0 Å². The molecule has 0 atom stereocenters. The first-order valence-corrected chi connectivity index (χ1v) is 3.31. The minimum absolute atomic E-state index is 0.354. The third-order valence-corrected chi connectivity index (χ3v) is 0.986. The van der Waals surface area contributed by atoms with Crippen LogP contribution in [0.25, 0.3) is 0 Å². The molecule has 5 heteroatoms. The first kappa shape index (κ1) is 10.2. The van der Waals surface area contributed by atoms with Gasteiger partial charge in [-0.25, -0.2) is 4.79 Å². The van der Waals surface area contributed by atoms with Crippen molar-refractivity contribution >= 4 is 6.09 Å². The summed E-state index contributed by atoms with van der Waals surface area (Å²) in [5, 5.41) is 0. The van der Waals surface area contributed by atoms with Crippen LogP contribution in [0.3, 0.4) is 0 Å². The van der Waals surface area contributed by atoms with Crippen LogP contribution in [0.15, 0.2) is 0 Å². The smallest absolute Gasteiger partial charge is 0.333 e. The van der Waals surface area contributed by atoms with E-state index in [4.69, 9.17) is 0 Å². The van der Waals surface area contributed by atoms with Gasteiger partial charge in [0.25, 0.3) is 0 Å². The third-order valence-electron chi connectivity index (χ3n) is 0.986. The number of rotatable bonds is 4. The van der Waals surface area contributed by atoms with Crippen LogP contribution in [0.2, 0.25) is 0 Å². The molecule has 0 unspecified atom stereocenters. The van der Waals surface area contributed by atoms with E-state index in [0.717, 1.165) is 11.0 Å². The number of hydrogen-bond donors (Lipinski definition) is 1. The van der Waals surface area contributed by atoms with Crippen molar-refractivity contribution in [1.82, 2.24) is 0 Å². The number of carbonyl (C=O) groups excluding carboxylic acids is 1. The van der Waals surface area contributed by atoms with E-state index in [2.05, 4.69) is 15.5 Å². The van der Waals surface area contributed by atoms with Gasteiger partial charge >= 0.3 is 6.09 Å². The molecule has 0 saturated carbocycles. The summed E-state index contributed by atoms with van der Waals surface area (Å²) in [6.45, 7) is 1.11. The van der Waals surface area contributed by atoms with Gasteiger partial charge in [0.2, 0.25) is 0 Å². The largest absolute Gasteiger partial charge is 0.436 e. The summed E-state index contributed by atoms with van der Waals surface area (Å²) in [5.74, 6) is 0. The molecule has 0 aliphatic heterocycles. The van der Waals surface area contributed by atoms with E-state index >= 15 is 0 Å². The second-order valence-electron chi connectivity index (χ2n) is 3.24. The van der Waals surface area contributed by atoms with Crippen LogP contribution in [0.1, 0.15) is 0 Å². The van der Waals surface area contributed by atoms with Crippen LogP contribution in [0, 0.1) is 0 Å². The van der Waals surface area contributed by atoms with Gasteiger partial charge in [-0.2, -0.15) is 4.89 Å². The summed E-state index contributed by atoms with van der Waals surface area (Å²) in [6.07, 6.45) is -0.911. The molecule has 0 heterocycles. The Labute approximate surface area is 66.2 Å². The van der Waals surface area contributed by atoms with Crippen molar-refractivity contribution in [2.24, 2.45) is 5.73 Å². The number of nitrogens with zero attached hydrogens (tertiary/aromatic N) is 1. The Morgan fingerprint density at radius 3 is 2.36 bits per heavy atom. The topological polar surface area (TPSA) is 61.6 Å². The zero-order valence-corrected chi connectivity index (χ0v) is 7.16. The molecule has 0 radical (unpaired) electrons. The monoisotopic (exact) mass is 163 g/mol. The summed E-state index contributed by atoms with van der Waals surface area (Å²) in [5.41, 5.74) is 4.65. The second-order valence-corrected chi connectivity index (χ2v) is 3.24. The van der Waals surface area contributed by atoms with E-state index in [1.807, 2.05) is 21.1 Å². The lowest BCUT2D eigenvalue weighted by molar-refractivity contribution is -0.871. The standard InChI is InChI=1S/C6H14N2O3/c1-8(2,3)4-5-10-11-6(7)9/h4-5H2,1-3H3,(H-,7,9)/p+1. The van der Waals surface area contributed by atoms with Gasteiger partial charge in [0.15, 0.2) is 0 Å². The first-order valence-electron chi connectivity index (χ1n) is 3.31. The number of likely N-dealkylation sites (N-methyl/N-ethyl adjacent to an activating group) is 1. The fraction of sp³-hybridized carbons (Fsp3) is 0.833. The SMILES string of the molecule is C[N+](C)(C)CCOOC(N)=O. The molecule has 0 bridgehead atoms. The quantitative estimate of drug-likeness (QED) is 0.268. The number of hydrogen-bond acceptors (Lipinski definition) is 3. The Morgan fingerprint density at radius 1 is 1.45 bits per heavy atom.